The van der Waals surface area contributed by atoms with E-state index >= 15 is 0 Å². The Labute approximate surface area is 181 Å². The SMILES string of the molecule is COc1cc2[nH]c(-c3ccccc3)c(Cc3cccc(-c4nc(=S)o[nH]4)n3)c2cc1F. The van der Waals surface area contributed by atoms with Gasteiger partial charge in [-0.3, -0.25) is 0 Å². The average Bonchev–Trinajstić information content (AvgIpc) is 3.38. The average molecular weight is 432 g/mol. The van der Waals surface area contributed by atoms with Gasteiger partial charge in [-0.1, -0.05) is 36.4 Å². The summed E-state index contributed by atoms with van der Waals surface area (Å²) in [5, 5.41) is 3.45. The highest BCUT2D eigenvalue weighted by Crippen LogP contribution is 2.35. The van der Waals surface area contributed by atoms with Gasteiger partial charge in [0.25, 0.3) is 0 Å². The van der Waals surface area contributed by atoms with Crippen molar-refractivity contribution in [2.24, 2.45) is 0 Å². The second kappa shape index (κ2) is 7.81. The number of aromatic amines is 2. The van der Waals surface area contributed by atoms with Gasteiger partial charge in [-0.2, -0.15) is 10.1 Å². The van der Waals surface area contributed by atoms with Gasteiger partial charge in [0.15, 0.2) is 17.4 Å². The number of nitrogens with zero attached hydrogens (tertiary/aromatic N) is 2. The Bertz CT molecular complexity index is 1440. The summed E-state index contributed by atoms with van der Waals surface area (Å²) >= 11 is 4.93. The van der Waals surface area contributed by atoms with Crippen molar-refractivity contribution in [1.29, 1.82) is 0 Å². The van der Waals surface area contributed by atoms with Crippen LogP contribution >= 0.6 is 12.2 Å². The van der Waals surface area contributed by atoms with E-state index in [4.69, 9.17) is 26.5 Å². The van der Waals surface area contributed by atoms with Gasteiger partial charge in [-0.05, 0) is 41.5 Å². The van der Waals surface area contributed by atoms with Crippen LogP contribution in [0.2, 0.25) is 0 Å². The number of benzene rings is 2. The Kier molecular flexibility index (Phi) is 4.83. The normalized spacial score (nSPS) is 11.2. The largest absolute Gasteiger partial charge is 0.494 e. The molecule has 0 saturated heterocycles. The quantitative estimate of drug-likeness (QED) is 0.349. The van der Waals surface area contributed by atoms with Gasteiger partial charge in [-0.25, -0.2) is 9.37 Å². The summed E-state index contributed by atoms with van der Waals surface area (Å²) in [5.74, 6) is 0.248. The summed E-state index contributed by atoms with van der Waals surface area (Å²) < 4.78 is 24.7. The van der Waals surface area contributed by atoms with Crippen LogP contribution in [0.15, 0.2) is 65.2 Å². The Hall–Kier alpha value is -3.78. The van der Waals surface area contributed by atoms with E-state index in [2.05, 4.69) is 15.1 Å². The molecular formula is C23H17FN4O2S. The molecular weight excluding hydrogens is 415 g/mol. The monoisotopic (exact) mass is 432 g/mol. The van der Waals surface area contributed by atoms with Crippen LogP contribution in [0.3, 0.4) is 0 Å². The third-order valence-electron chi connectivity index (χ3n) is 5.09. The molecule has 0 aliphatic carbocycles. The molecule has 2 N–H and O–H groups in total. The van der Waals surface area contributed by atoms with Gasteiger partial charge in [0.05, 0.1) is 18.3 Å². The third-order valence-corrected chi connectivity index (χ3v) is 5.26. The Morgan fingerprint density at radius 3 is 2.65 bits per heavy atom. The minimum absolute atomic E-state index is 0.120. The zero-order valence-corrected chi connectivity index (χ0v) is 17.3. The van der Waals surface area contributed by atoms with E-state index in [-0.39, 0.29) is 10.6 Å². The van der Waals surface area contributed by atoms with Crippen LogP contribution in [0.1, 0.15) is 11.3 Å². The summed E-state index contributed by atoms with van der Waals surface area (Å²) in [7, 11) is 1.46. The molecule has 0 unspecified atom stereocenters. The molecule has 0 aliphatic rings. The Morgan fingerprint density at radius 1 is 1.06 bits per heavy atom. The number of methoxy groups -OCH3 is 1. The number of ether oxygens (including phenoxy) is 1. The summed E-state index contributed by atoms with van der Waals surface area (Å²) in [6.07, 6.45) is 0.489. The van der Waals surface area contributed by atoms with E-state index in [1.165, 1.54) is 13.2 Å². The predicted octanol–water partition coefficient (Wildman–Crippen LogP) is 5.68. The van der Waals surface area contributed by atoms with Crippen LogP contribution in [0.25, 0.3) is 33.7 Å². The van der Waals surface area contributed by atoms with E-state index in [1.54, 1.807) is 6.07 Å². The second-order valence-corrected chi connectivity index (χ2v) is 7.35. The Morgan fingerprint density at radius 2 is 1.90 bits per heavy atom. The second-order valence-electron chi connectivity index (χ2n) is 7.00. The molecule has 0 atom stereocenters. The maximum Gasteiger partial charge on any atom is 0.314 e. The molecule has 0 aliphatic heterocycles. The van der Waals surface area contributed by atoms with Crippen molar-refractivity contribution in [2.45, 2.75) is 6.42 Å². The molecule has 0 spiro atoms. The maximum atomic E-state index is 14.6. The lowest BCUT2D eigenvalue weighted by Crippen LogP contribution is -1.96. The van der Waals surface area contributed by atoms with Crippen molar-refractivity contribution in [2.75, 3.05) is 7.11 Å². The van der Waals surface area contributed by atoms with E-state index in [0.717, 1.165) is 33.4 Å². The van der Waals surface area contributed by atoms with Gasteiger partial charge in [0.1, 0.15) is 5.69 Å². The molecule has 0 amide bonds. The molecule has 31 heavy (non-hydrogen) atoms. The summed E-state index contributed by atoms with van der Waals surface area (Å²) in [4.78, 5) is 12.4. The van der Waals surface area contributed by atoms with Crippen LogP contribution in [0.4, 0.5) is 4.39 Å². The minimum Gasteiger partial charge on any atom is -0.494 e. The Balaban J connectivity index is 1.65. The fourth-order valence-corrected chi connectivity index (χ4v) is 3.81. The van der Waals surface area contributed by atoms with Crippen LogP contribution in [0, 0.1) is 10.7 Å². The molecule has 0 saturated carbocycles. The number of rotatable bonds is 5. The minimum atomic E-state index is -0.410. The first-order valence-corrected chi connectivity index (χ1v) is 9.98. The number of fused-ring (bicyclic) bond motifs is 1. The van der Waals surface area contributed by atoms with Crippen molar-refractivity contribution in [3.63, 3.8) is 0 Å². The highest BCUT2D eigenvalue weighted by atomic mass is 32.1. The molecule has 3 heterocycles. The number of nitrogens with one attached hydrogen (secondary N) is 2. The highest BCUT2D eigenvalue weighted by Gasteiger charge is 2.17. The topological polar surface area (TPSA) is 79.7 Å². The fraction of sp³-hybridized carbons (Fsp3) is 0.0870. The maximum absolute atomic E-state index is 14.6. The van der Waals surface area contributed by atoms with Gasteiger partial charge >= 0.3 is 4.84 Å². The van der Waals surface area contributed by atoms with Crippen molar-refractivity contribution in [3.8, 4) is 28.5 Å². The fourth-order valence-electron chi connectivity index (χ4n) is 3.67. The molecule has 5 aromatic rings. The third kappa shape index (κ3) is 3.62. The van der Waals surface area contributed by atoms with Gasteiger partial charge < -0.3 is 14.2 Å². The molecule has 3 aromatic heterocycles. The lowest BCUT2D eigenvalue weighted by molar-refractivity contribution is 0.387. The van der Waals surface area contributed by atoms with Gasteiger partial charge in [0.2, 0.25) is 0 Å². The van der Waals surface area contributed by atoms with Crippen LogP contribution in [0.5, 0.6) is 5.75 Å². The predicted molar refractivity (Wildman–Crippen MR) is 118 cm³/mol. The lowest BCUT2D eigenvalue weighted by Gasteiger charge is -2.07. The first-order chi connectivity index (χ1) is 15.1. The summed E-state index contributed by atoms with van der Waals surface area (Å²) in [5.41, 5.74) is 5.07. The zero-order chi connectivity index (χ0) is 21.4. The number of aromatic nitrogens is 4. The van der Waals surface area contributed by atoms with Crippen molar-refractivity contribution in [1.82, 2.24) is 20.1 Å². The van der Waals surface area contributed by atoms with Crippen LogP contribution in [-0.4, -0.2) is 27.2 Å². The molecule has 0 bridgehead atoms. The number of halogens is 1. The summed E-state index contributed by atoms with van der Waals surface area (Å²) in [6, 6.07) is 18.8. The smallest absolute Gasteiger partial charge is 0.314 e. The van der Waals surface area contributed by atoms with Crippen LogP contribution in [-0.2, 0) is 6.42 Å². The molecule has 2 aromatic carbocycles. The van der Waals surface area contributed by atoms with E-state index < -0.39 is 5.82 Å². The first kappa shape index (κ1) is 19.2. The number of pyridine rings is 1. The first-order valence-electron chi connectivity index (χ1n) is 9.57. The molecule has 8 heteroatoms. The van der Waals surface area contributed by atoms with Crippen molar-refractivity contribution < 1.29 is 13.7 Å². The van der Waals surface area contributed by atoms with E-state index in [0.29, 0.717) is 17.9 Å². The van der Waals surface area contributed by atoms with Gasteiger partial charge in [-0.15, -0.1) is 0 Å². The molecule has 5 rings (SSSR count). The molecule has 6 nitrogen and oxygen atoms in total. The van der Waals surface area contributed by atoms with E-state index in [1.807, 2.05) is 48.5 Å². The zero-order valence-electron chi connectivity index (χ0n) is 16.5. The number of H-pyrrole nitrogens is 2. The van der Waals surface area contributed by atoms with Crippen molar-refractivity contribution in [3.05, 3.63) is 82.6 Å². The van der Waals surface area contributed by atoms with Crippen LogP contribution < -0.4 is 4.74 Å². The summed E-state index contributed by atoms with van der Waals surface area (Å²) in [6.45, 7) is 0. The van der Waals surface area contributed by atoms with E-state index in [9.17, 15) is 4.39 Å². The lowest BCUT2D eigenvalue weighted by atomic mass is 10.0. The number of hydrogen-bond donors (Lipinski definition) is 2. The highest BCUT2D eigenvalue weighted by molar-refractivity contribution is 7.71. The molecule has 0 fully saturated rings. The van der Waals surface area contributed by atoms with Gasteiger partial charge in [0, 0.05) is 23.6 Å². The number of hydrogen-bond acceptors (Lipinski definition) is 5. The molecule has 0 radical (unpaired) electrons. The standard InChI is InChI=1S/C23H17FN4O2S/c1-29-20-12-19-15(11-17(20)24)16(21(26-19)13-6-3-2-4-7-13)10-14-8-5-9-18(25-14)22-27-23(31)30-28-22/h2-9,11-12,26H,10H2,1H3,(H,27,28,31). The van der Waals surface area contributed by atoms with Crippen molar-refractivity contribution >= 4 is 23.1 Å². The molecule has 154 valence electrons.